The minimum atomic E-state index is -1.50. The van der Waals surface area contributed by atoms with Crippen molar-refractivity contribution < 1.29 is 24.3 Å². The Morgan fingerprint density at radius 1 is 1.00 bits per heavy atom. The van der Waals surface area contributed by atoms with E-state index in [0.29, 0.717) is 23.0 Å². The van der Waals surface area contributed by atoms with Crippen LogP contribution in [0.4, 0.5) is 0 Å². The predicted molar refractivity (Wildman–Crippen MR) is 122 cm³/mol. The molecule has 1 aliphatic heterocycles. The van der Waals surface area contributed by atoms with Crippen molar-refractivity contribution >= 4 is 29.6 Å². The van der Waals surface area contributed by atoms with Crippen molar-refractivity contribution in [2.45, 2.75) is 50.4 Å². The van der Waals surface area contributed by atoms with Gasteiger partial charge in [0.25, 0.3) is 11.8 Å². The summed E-state index contributed by atoms with van der Waals surface area (Å²) in [5.74, 6) is -1.97. The first-order valence-electron chi connectivity index (χ1n) is 11.4. The van der Waals surface area contributed by atoms with Crippen molar-refractivity contribution in [3.05, 3.63) is 75.9 Å². The molecule has 168 valence electrons. The fourth-order valence-corrected chi connectivity index (χ4v) is 5.62. The van der Waals surface area contributed by atoms with E-state index in [4.69, 9.17) is 0 Å². The summed E-state index contributed by atoms with van der Waals surface area (Å²) in [7, 11) is 0. The van der Waals surface area contributed by atoms with Crippen LogP contribution in [0.3, 0.4) is 0 Å². The van der Waals surface area contributed by atoms with E-state index in [1.807, 2.05) is 18.2 Å². The second-order valence-electron chi connectivity index (χ2n) is 9.15. The zero-order valence-electron chi connectivity index (χ0n) is 18.3. The maximum absolute atomic E-state index is 12.8. The number of benzene rings is 2. The van der Waals surface area contributed by atoms with Crippen molar-refractivity contribution in [2.24, 2.45) is 0 Å². The molecule has 0 radical (unpaired) electrons. The maximum Gasteiger partial charge on any atom is 0.314 e. The molecule has 2 amide bonds. The molecule has 0 unspecified atom stereocenters. The summed E-state index contributed by atoms with van der Waals surface area (Å²) in [4.78, 5) is 50.8. The molecule has 33 heavy (non-hydrogen) atoms. The fraction of sp³-hybridized carbons (Fsp3) is 0.333. The van der Waals surface area contributed by atoms with Gasteiger partial charge in [-0.3, -0.25) is 19.3 Å². The third-order valence-electron chi connectivity index (χ3n) is 7.45. The molecule has 1 N–H and O–H groups in total. The molecule has 6 nitrogen and oxygen atoms in total. The van der Waals surface area contributed by atoms with Crippen LogP contribution in [0.25, 0.3) is 5.57 Å². The molecule has 0 aromatic heterocycles. The van der Waals surface area contributed by atoms with Gasteiger partial charge in [-0.15, -0.1) is 0 Å². The molecule has 2 aromatic carbocycles. The first kappa shape index (κ1) is 21.3. The lowest BCUT2D eigenvalue weighted by molar-refractivity contribution is -0.145. The molecule has 2 aromatic rings. The van der Waals surface area contributed by atoms with Gasteiger partial charge in [-0.25, -0.2) is 0 Å². The van der Waals surface area contributed by atoms with Crippen molar-refractivity contribution in [2.75, 3.05) is 6.54 Å². The number of hydrogen-bond acceptors (Lipinski definition) is 4. The Kier molecular flexibility index (Phi) is 5.23. The summed E-state index contributed by atoms with van der Waals surface area (Å²) in [6, 6.07) is 12.3. The maximum atomic E-state index is 12.8. The Hall–Kier alpha value is -3.54. The van der Waals surface area contributed by atoms with Gasteiger partial charge in [0.05, 0.1) is 11.1 Å². The number of fused-ring (bicyclic) bond motifs is 3. The quantitative estimate of drug-likeness (QED) is 0.512. The van der Waals surface area contributed by atoms with Gasteiger partial charge in [0.2, 0.25) is 0 Å². The Bertz CT molecular complexity index is 1190. The first-order chi connectivity index (χ1) is 16.0. The topological polar surface area (TPSA) is 91.8 Å². The standard InChI is InChI=1S/C27H25NO5/c29-14-12-27(26(32)33,11-13-28-24(30)22-7-3-4-8-23(22)25(28)31)19-9-10-21-18(16-19)15-17-5-1-2-6-20(17)21/h3-4,7-10,14,16H,1-2,5-6,11-13,15H2,(H,32,33)/t27-/m1/s1. The number of carbonyl (C=O) groups is 4. The molecule has 0 bridgehead atoms. The van der Waals surface area contributed by atoms with Crippen LogP contribution in [-0.2, 0) is 21.4 Å². The number of imide groups is 1. The number of amides is 2. The number of rotatable bonds is 7. The highest BCUT2D eigenvalue weighted by atomic mass is 16.4. The number of carboxylic acids is 1. The predicted octanol–water partition coefficient (Wildman–Crippen LogP) is 4.17. The monoisotopic (exact) mass is 443 g/mol. The highest BCUT2D eigenvalue weighted by Gasteiger charge is 2.43. The zero-order valence-corrected chi connectivity index (χ0v) is 18.3. The minimum absolute atomic E-state index is 0.0293. The van der Waals surface area contributed by atoms with E-state index in [1.54, 1.807) is 24.3 Å². The molecule has 1 atom stereocenters. The molecule has 0 spiro atoms. The number of aliphatic carboxylic acids is 1. The van der Waals surface area contributed by atoms with Crippen LogP contribution in [-0.4, -0.2) is 40.6 Å². The van der Waals surface area contributed by atoms with Crippen molar-refractivity contribution in [3.8, 4) is 0 Å². The van der Waals surface area contributed by atoms with E-state index >= 15 is 0 Å². The summed E-state index contributed by atoms with van der Waals surface area (Å²) >= 11 is 0. The third-order valence-corrected chi connectivity index (χ3v) is 7.45. The molecule has 6 heteroatoms. The van der Waals surface area contributed by atoms with Gasteiger partial charge < -0.3 is 9.90 Å². The van der Waals surface area contributed by atoms with E-state index in [0.717, 1.165) is 29.7 Å². The minimum Gasteiger partial charge on any atom is -0.481 e. The second-order valence-corrected chi connectivity index (χ2v) is 9.15. The number of carbonyl (C=O) groups excluding carboxylic acids is 3. The Morgan fingerprint density at radius 2 is 1.70 bits per heavy atom. The van der Waals surface area contributed by atoms with Crippen LogP contribution in [0, 0.1) is 0 Å². The summed E-state index contributed by atoms with van der Waals surface area (Å²) in [6.45, 7) is -0.0711. The van der Waals surface area contributed by atoms with Crippen molar-refractivity contribution in [1.82, 2.24) is 4.90 Å². The third kappa shape index (κ3) is 3.32. The summed E-state index contributed by atoms with van der Waals surface area (Å²) in [5.41, 5.74) is 4.84. The van der Waals surface area contributed by atoms with E-state index < -0.39 is 23.2 Å². The van der Waals surface area contributed by atoms with E-state index in [1.165, 1.54) is 29.6 Å². The molecule has 5 rings (SSSR count). The number of nitrogens with zero attached hydrogens (tertiary/aromatic N) is 1. The Morgan fingerprint density at radius 3 is 2.36 bits per heavy atom. The zero-order chi connectivity index (χ0) is 23.2. The second kappa shape index (κ2) is 8.10. The molecule has 0 saturated heterocycles. The average Bonchev–Trinajstić information content (AvgIpc) is 3.31. The largest absolute Gasteiger partial charge is 0.481 e. The summed E-state index contributed by atoms with van der Waals surface area (Å²) in [6.07, 6.45) is 5.68. The summed E-state index contributed by atoms with van der Waals surface area (Å²) in [5, 5.41) is 10.3. The summed E-state index contributed by atoms with van der Waals surface area (Å²) < 4.78 is 0. The van der Waals surface area contributed by atoms with Gasteiger partial charge in [0, 0.05) is 13.0 Å². The molecular weight excluding hydrogens is 418 g/mol. The van der Waals surface area contributed by atoms with Gasteiger partial charge >= 0.3 is 5.97 Å². The van der Waals surface area contributed by atoms with Crippen LogP contribution in [0.2, 0.25) is 0 Å². The highest BCUT2D eigenvalue weighted by molar-refractivity contribution is 6.21. The van der Waals surface area contributed by atoms with Gasteiger partial charge in [-0.05, 0) is 72.9 Å². The lowest BCUT2D eigenvalue weighted by atomic mass is 9.74. The van der Waals surface area contributed by atoms with Crippen LogP contribution in [0.5, 0.6) is 0 Å². The van der Waals surface area contributed by atoms with E-state index in [9.17, 15) is 24.3 Å². The van der Waals surface area contributed by atoms with Crippen LogP contribution in [0.1, 0.15) is 75.9 Å². The normalized spacial score (nSPS) is 18.6. The van der Waals surface area contributed by atoms with Crippen molar-refractivity contribution in [3.63, 3.8) is 0 Å². The first-order valence-corrected chi connectivity index (χ1v) is 11.4. The van der Waals surface area contributed by atoms with Gasteiger partial charge in [-0.2, -0.15) is 0 Å². The molecule has 1 heterocycles. The fourth-order valence-electron chi connectivity index (χ4n) is 5.62. The lowest BCUT2D eigenvalue weighted by Gasteiger charge is -2.30. The number of hydrogen-bond donors (Lipinski definition) is 1. The molecule has 0 saturated carbocycles. The van der Waals surface area contributed by atoms with Crippen LogP contribution in [0.15, 0.2) is 48.0 Å². The van der Waals surface area contributed by atoms with E-state index in [-0.39, 0.29) is 19.4 Å². The number of carboxylic acid groups (broad SMARTS) is 1. The molecular formula is C27H25NO5. The van der Waals surface area contributed by atoms with E-state index in [2.05, 4.69) is 0 Å². The number of aldehydes is 1. The Labute approximate surface area is 191 Å². The number of allylic oxidation sites excluding steroid dienone is 2. The van der Waals surface area contributed by atoms with Gasteiger partial charge in [0.1, 0.15) is 11.7 Å². The average molecular weight is 443 g/mol. The van der Waals surface area contributed by atoms with Gasteiger partial charge in [0.15, 0.2) is 0 Å². The molecule has 0 fully saturated rings. The van der Waals surface area contributed by atoms with Gasteiger partial charge in [-0.1, -0.05) is 35.9 Å². The molecule has 2 aliphatic carbocycles. The lowest BCUT2D eigenvalue weighted by Crippen LogP contribution is -2.41. The molecule has 3 aliphatic rings. The smallest absolute Gasteiger partial charge is 0.314 e. The SMILES string of the molecule is O=CC[C@@](CCN1C(=O)c2ccccc2C1=O)(C(=O)O)c1ccc2c(c1)CC1=C2CCCC1. The van der Waals surface area contributed by atoms with Crippen LogP contribution < -0.4 is 0 Å². The van der Waals surface area contributed by atoms with Crippen molar-refractivity contribution in [1.29, 1.82) is 0 Å². The highest BCUT2D eigenvalue weighted by Crippen LogP contribution is 2.43. The van der Waals surface area contributed by atoms with Crippen LogP contribution >= 0.6 is 0 Å². The Balaban J connectivity index is 1.46.